The van der Waals surface area contributed by atoms with Gasteiger partial charge in [0.05, 0.1) is 16.2 Å². The van der Waals surface area contributed by atoms with Crippen LogP contribution in [0.1, 0.15) is 71.1 Å². The third-order valence-electron chi connectivity index (χ3n) is 9.45. The van der Waals surface area contributed by atoms with E-state index in [1.54, 1.807) is 6.08 Å². The number of ether oxygens (including phenoxy) is 1. The number of halogens is 1. The van der Waals surface area contributed by atoms with Crippen LogP contribution < -0.4 is 10.1 Å². The van der Waals surface area contributed by atoms with E-state index in [0.29, 0.717) is 24.3 Å². The molecule has 4 bridgehead atoms. The largest absolute Gasteiger partial charge is 0.482 e. The molecule has 0 aliphatic heterocycles. The van der Waals surface area contributed by atoms with Crippen molar-refractivity contribution < 1.29 is 24.5 Å². The minimum Gasteiger partial charge on any atom is -0.482 e. The van der Waals surface area contributed by atoms with Gasteiger partial charge in [-0.15, -0.1) is 0 Å². The Bertz CT molecular complexity index is 1040. The molecule has 6 rings (SSSR count). The number of rotatable bonds is 11. The van der Waals surface area contributed by atoms with E-state index in [4.69, 9.17) is 4.74 Å². The lowest BCUT2D eigenvalue weighted by atomic mass is 9.49. The maximum Gasteiger partial charge on any atom is 0.247 e. The first-order chi connectivity index (χ1) is 18.8. The van der Waals surface area contributed by atoms with Gasteiger partial charge in [0.1, 0.15) is 18.0 Å². The molecule has 0 spiro atoms. The summed E-state index contributed by atoms with van der Waals surface area (Å²) in [5.41, 5.74) is 0.607. The number of nitrogens with one attached hydrogen (secondary N) is 1. The van der Waals surface area contributed by atoms with Crippen LogP contribution in [0.5, 0.6) is 5.75 Å². The Morgan fingerprint density at radius 2 is 1.79 bits per heavy atom. The lowest BCUT2D eigenvalue weighted by Gasteiger charge is -2.58. The molecular formula is C31H43IN2O5. The van der Waals surface area contributed by atoms with Gasteiger partial charge in [0.15, 0.2) is 0 Å². The number of hydrogen-bond acceptors (Lipinski definition) is 5. The van der Waals surface area contributed by atoms with Crippen molar-refractivity contribution in [1.82, 2.24) is 10.2 Å². The summed E-state index contributed by atoms with van der Waals surface area (Å²) in [5.74, 6) is 2.71. The first-order valence-electron chi connectivity index (χ1n) is 14.8. The van der Waals surface area contributed by atoms with Crippen molar-refractivity contribution in [2.75, 3.05) is 19.7 Å². The second-order valence-electron chi connectivity index (χ2n) is 12.5. The van der Waals surface area contributed by atoms with Gasteiger partial charge < -0.3 is 25.2 Å². The number of aliphatic hydroxyl groups is 2. The van der Waals surface area contributed by atoms with Gasteiger partial charge in [-0.25, -0.2) is 0 Å². The highest BCUT2D eigenvalue weighted by Gasteiger charge is 2.53. The highest BCUT2D eigenvalue weighted by Crippen LogP contribution is 2.60. The second kappa shape index (κ2) is 12.5. The van der Waals surface area contributed by atoms with Gasteiger partial charge in [0.25, 0.3) is 0 Å². The first-order valence-corrected chi connectivity index (χ1v) is 15.9. The monoisotopic (exact) mass is 650 g/mol. The lowest BCUT2D eigenvalue weighted by Crippen LogP contribution is -2.59. The van der Waals surface area contributed by atoms with Crippen molar-refractivity contribution in [3.05, 3.63) is 39.5 Å². The number of unbranched alkanes of at least 4 members (excludes halogenated alkanes) is 1. The summed E-state index contributed by atoms with van der Waals surface area (Å²) in [6, 6.07) is 7.06. The Balaban J connectivity index is 1.45. The molecule has 4 saturated carbocycles. The standard InChI is InChI=1S/C31H43IN2O5/c1-2-3-8-28(36)34(19-31-16-20-11-21(17-31)13-22(12-20)18-31)25-14-23(30(38)33-9-10-35)15-27(29(25)37)39-26-7-5-4-6-24(26)32/h4-7,15,20-22,25,27,29,35,37H,2-3,8-14,16-19H2,1H3,(H,33,38)/t20?,21?,22?,25-,27+,29+,31?/m1/s1. The van der Waals surface area contributed by atoms with E-state index in [1.807, 2.05) is 29.2 Å². The van der Waals surface area contributed by atoms with Crippen LogP contribution in [0, 0.1) is 26.7 Å². The van der Waals surface area contributed by atoms with E-state index in [9.17, 15) is 19.8 Å². The minimum absolute atomic E-state index is 0.0710. The third-order valence-corrected chi connectivity index (χ3v) is 10.3. The van der Waals surface area contributed by atoms with E-state index in [0.717, 1.165) is 34.2 Å². The topological polar surface area (TPSA) is 99.1 Å². The predicted octanol–water partition coefficient (Wildman–Crippen LogP) is 4.44. The summed E-state index contributed by atoms with van der Waals surface area (Å²) >= 11 is 2.20. The Morgan fingerprint density at radius 3 is 2.41 bits per heavy atom. The molecule has 3 atom stereocenters. The van der Waals surface area contributed by atoms with Crippen LogP contribution in [0.2, 0.25) is 0 Å². The van der Waals surface area contributed by atoms with Crippen molar-refractivity contribution >= 4 is 34.4 Å². The van der Waals surface area contributed by atoms with Crippen LogP contribution in [0.3, 0.4) is 0 Å². The summed E-state index contributed by atoms with van der Waals surface area (Å²) in [5, 5.41) is 23.8. The molecule has 2 amide bonds. The van der Waals surface area contributed by atoms with Crippen molar-refractivity contribution in [2.45, 2.75) is 89.4 Å². The maximum absolute atomic E-state index is 13.9. The molecule has 4 fully saturated rings. The zero-order valence-electron chi connectivity index (χ0n) is 23.0. The number of benzene rings is 1. The normalized spacial score (nSPS) is 33.0. The van der Waals surface area contributed by atoms with Crippen molar-refractivity contribution in [3.8, 4) is 5.75 Å². The van der Waals surface area contributed by atoms with E-state index in [2.05, 4.69) is 34.8 Å². The van der Waals surface area contributed by atoms with E-state index >= 15 is 0 Å². The van der Waals surface area contributed by atoms with Crippen molar-refractivity contribution in [3.63, 3.8) is 0 Å². The Hall–Kier alpha value is -1.65. The number of para-hydroxylation sites is 1. The molecule has 214 valence electrons. The fraction of sp³-hybridized carbons (Fsp3) is 0.677. The molecule has 5 aliphatic rings. The van der Waals surface area contributed by atoms with E-state index < -0.39 is 18.2 Å². The maximum atomic E-state index is 13.9. The average molecular weight is 651 g/mol. The number of nitrogens with zero attached hydrogens (tertiary/aromatic N) is 1. The molecule has 8 heteroatoms. The van der Waals surface area contributed by atoms with Gasteiger partial charge >= 0.3 is 0 Å². The zero-order chi connectivity index (χ0) is 27.6. The predicted molar refractivity (Wildman–Crippen MR) is 158 cm³/mol. The zero-order valence-corrected chi connectivity index (χ0v) is 25.1. The van der Waals surface area contributed by atoms with Crippen molar-refractivity contribution in [1.29, 1.82) is 0 Å². The Labute approximate surface area is 245 Å². The number of carbonyl (C=O) groups excluding carboxylic acids is 2. The van der Waals surface area contributed by atoms with Gasteiger partial charge in [-0.05, 0) is 109 Å². The molecule has 3 N–H and O–H groups in total. The molecule has 0 saturated heterocycles. The molecule has 0 aromatic heterocycles. The molecule has 1 aromatic carbocycles. The molecule has 7 nitrogen and oxygen atoms in total. The minimum atomic E-state index is -0.963. The lowest BCUT2D eigenvalue weighted by molar-refractivity contribution is -0.147. The Kier molecular flexibility index (Phi) is 9.23. The van der Waals surface area contributed by atoms with Crippen LogP contribution in [-0.4, -0.2) is 64.9 Å². The van der Waals surface area contributed by atoms with Gasteiger partial charge in [-0.3, -0.25) is 9.59 Å². The van der Waals surface area contributed by atoms with Crippen molar-refractivity contribution in [2.24, 2.45) is 23.2 Å². The molecular weight excluding hydrogens is 607 g/mol. The number of amides is 2. The summed E-state index contributed by atoms with van der Waals surface area (Å²) in [4.78, 5) is 28.9. The van der Waals surface area contributed by atoms with Crippen LogP contribution in [0.25, 0.3) is 0 Å². The summed E-state index contributed by atoms with van der Waals surface area (Å²) < 4.78 is 7.23. The number of carbonyl (C=O) groups is 2. The molecule has 0 radical (unpaired) electrons. The highest BCUT2D eigenvalue weighted by atomic mass is 127. The Morgan fingerprint density at radius 1 is 1.13 bits per heavy atom. The smallest absolute Gasteiger partial charge is 0.247 e. The molecule has 5 aliphatic carbocycles. The fourth-order valence-corrected chi connectivity index (χ4v) is 8.69. The number of aliphatic hydroxyl groups excluding tert-OH is 2. The highest BCUT2D eigenvalue weighted by molar-refractivity contribution is 14.1. The van der Waals surface area contributed by atoms with Gasteiger partial charge in [0.2, 0.25) is 11.8 Å². The summed E-state index contributed by atoms with van der Waals surface area (Å²) in [6.07, 6.45) is 9.92. The number of hydrogen-bond donors (Lipinski definition) is 3. The fourth-order valence-electron chi connectivity index (χ4n) is 8.17. The second-order valence-corrected chi connectivity index (χ2v) is 13.7. The molecule has 1 aromatic rings. The van der Waals surface area contributed by atoms with Crippen LogP contribution >= 0.6 is 22.6 Å². The molecule has 0 heterocycles. The van der Waals surface area contributed by atoms with Crippen LogP contribution in [0.4, 0.5) is 0 Å². The van der Waals surface area contributed by atoms with E-state index in [1.165, 1.54) is 38.5 Å². The first kappa shape index (κ1) is 28.9. The third kappa shape index (κ3) is 6.48. The van der Waals surface area contributed by atoms with Gasteiger partial charge in [0, 0.05) is 31.5 Å². The summed E-state index contributed by atoms with van der Waals surface area (Å²) in [7, 11) is 0. The van der Waals surface area contributed by atoms with Crippen LogP contribution in [0.15, 0.2) is 35.9 Å². The molecule has 0 unspecified atom stereocenters. The average Bonchev–Trinajstić information content (AvgIpc) is 2.90. The summed E-state index contributed by atoms with van der Waals surface area (Å²) in [6.45, 7) is 2.74. The van der Waals surface area contributed by atoms with Gasteiger partial charge in [-0.2, -0.15) is 0 Å². The van der Waals surface area contributed by atoms with Gasteiger partial charge in [-0.1, -0.05) is 25.5 Å². The quantitative estimate of drug-likeness (QED) is 0.308. The SMILES string of the molecule is CCCCC(=O)N(CC12CC3CC(CC(C3)C1)C2)[C@@H]1CC(C(=O)NCCO)=C[C@H](Oc2ccccc2I)[C@H]1O. The van der Waals surface area contributed by atoms with E-state index in [-0.39, 0.29) is 36.8 Å². The van der Waals surface area contributed by atoms with Crippen LogP contribution in [-0.2, 0) is 9.59 Å². The molecule has 39 heavy (non-hydrogen) atoms.